The summed E-state index contributed by atoms with van der Waals surface area (Å²) in [6.45, 7) is 7.02. The summed E-state index contributed by atoms with van der Waals surface area (Å²) in [6.07, 6.45) is 1.29. The zero-order chi connectivity index (χ0) is 29.6. The van der Waals surface area contributed by atoms with Gasteiger partial charge in [-0.3, -0.25) is 13.9 Å². The molecule has 0 aromatic heterocycles. The standard InChI is InChI=1S/C30H35Cl2N3O4S/c1-20(2)33-30(37)28(17-23-9-7-6-8-10-23)34(18-24-12-14-26(31)27(32)16-24)29(36)19-35(40(5,38)39)25-13-11-21(3)22(4)15-25/h6-16,20,28H,17-19H2,1-5H3,(H,33,37)/t28-/m1/s1. The molecular formula is C30H35Cl2N3O4S. The summed E-state index contributed by atoms with van der Waals surface area (Å²) in [6, 6.07) is 18.5. The predicted octanol–water partition coefficient (Wildman–Crippen LogP) is 5.54. The number of rotatable bonds is 11. The Morgan fingerprint density at radius 2 is 1.55 bits per heavy atom. The zero-order valence-electron chi connectivity index (χ0n) is 23.3. The maximum Gasteiger partial charge on any atom is 0.244 e. The molecule has 40 heavy (non-hydrogen) atoms. The third-order valence-corrected chi connectivity index (χ3v) is 8.38. The lowest BCUT2D eigenvalue weighted by atomic mass is 10.0. The molecule has 3 aromatic carbocycles. The van der Waals surface area contributed by atoms with Crippen molar-refractivity contribution < 1.29 is 18.0 Å². The van der Waals surface area contributed by atoms with Crippen molar-refractivity contribution in [2.24, 2.45) is 0 Å². The Morgan fingerprint density at radius 3 is 2.12 bits per heavy atom. The lowest BCUT2D eigenvalue weighted by molar-refractivity contribution is -0.140. The van der Waals surface area contributed by atoms with Crippen LogP contribution in [0.3, 0.4) is 0 Å². The number of benzene rings is 3. The molecule has 0 spiro atoms. The van der Waals surface area contributed by atoms with Gasteiger partial charge in [0.15, 0.2) is 0 Å². The van der Waals surface area contributed by atoms with Crippen LogP contribution in [0.1, 0.15) is 36.1 Å². The maximum absolute atomic E-state index is 14.1. The van der Waals surface area contributed by atoms with E-state index in [1.165, 1.54) is 4.90 Å². The summed E-state index contributed by atoms with van der Waals surface area (Å²) in [5.74, 6) is -0.876. The number of nitrogens with one attached hydrogen (secondary N) is 1. The van der Waals surface area contributed by atoms with Gasteiger partial charge in [0.05, 0.1) is 22.0 Å². The van der Waals surface area contributed by atoms with Gasteiger partial charge in [-0.1, -0.05) is 65.7 Å². The Kier molecular flexibility index (Phi) is 10.6. The highest BCUT2D eigenvalue weighted by atomic mass is 35.5. The molecule has 0 heterocycles. The maximum atomic E-state index is 14.1. The molecule has 1 atom stereocenters. The van der Waals surface area contributed by atoms with Gasteiger partial charge >= 0.3 is 0 Å². The summed E-state index contributed by atoms with van der Waals surface area (Å²) >= 11 is 12.4. The topological polar surface area (TPSA) is 86.8 Å². The number of anilines is 1. The lowest BCUT2D eigenvalue weighted by Crippen LogP contribution is -2.54. The minimum absolute atomic E-state index is 0.0171. The number of nitrogens with zero attached hydrogens (tertiary/aromatic N) is 2. The summed E-state index contributed by atoms with van der Waals surface area (Å²) in [5, 5.41) is 3.59. The molecule has 2 amide bonds. The van der Waals surface area contributed by atoms with Crippen molar-refractivity contribution in [3.8, 4) is 0 Å². The fraction of sp³-hybridized carbons (Fsp3) is 0.333. The predicted molar refractivity (Wildman–Crippen MR) is 162 cm³/mol. The highest BCUT2D eigenvalue weighted by Crippen LogP contribution is 2.26. The monoisotopic (exact) mass is 603 g/mol. The summed E-state index contributed by atoms with van der Waals surface area (Å²) in [4.78, 5) is 29.1. The summed E-state index contributed by atoms with van der Waals surface area (Å²) in [5.41, 5.74) is 3.77. The molecule has 1 N–H and O–H groups in total. The highest BCUT2D eigenvalue weighted by molar-refractivity contribution is 7.92. The normalized spacial score (nSPS) is 12.2. The van der Waals surface area contributed by atoms with Crippen molar-refractivity contribution >= 4 is 50.7 Å². The van der Waals surface area contributed by atoms with Crippen molar-refractivity contribution in [2.45, 2.75) is 52.7 Å². The van der Waals surface area contributed by atoms with E-state index in [0.717, 1.165) is 27.3 Å². The molecule has 0 saturated carbocycles. The van der Waals surface area contributed by atoms with Gasteiger partial charge in [-0.2, -0.15) is 0 Å². The first kappa shape index (κ1) is 31.5. The molecule has 3 aromatic rings. The number of carbonyl (C=O) groups excluding carboxylic acids is 2. The van der Waals surface area contributed by atoms with Crippen LogP contribution in [0.4, 0.5) is 5.69 Å². The van der Waals surface area contributed by atoms with Gasteiger partial charge < -0.3 is 10.2 Å². The van der Waals surface area contributed by atoms with Crippen molar-refractivity contribution in [2.75, 3.05) is 17.1 Å². The minimum atomic E-state index is -3.84. The van der Waals surface area contributed by atoms with Gasteiger partial charge in [0.1, 0.15) is 12.6 Å². The third kappa shape index (κ3) is 8.46. The Balaban J connectivity index is 2.08. The van der Waals surface area contributed by atoms with Crippen LogP contribution in [0, 0.1) is 13.8 Å². The van der Waals surface area contributed by atoms with E-state index < -0.39 is 28.5 Å². The quantitative estimate of drug-likeness (QED) is 0.312. The fourth-order valence-electron chi connectivity index (χ4n) is 4.26. The molecule has 10 heteroatoms. The molecule has 7 nitrogen and oxygen atoms in total. The van der Waals surface area contributed by atoms with Crippen LogP contribution in [0.5, 0.6) is 0 Å². The molecule has 214 valence electrons. The number of sulfonamides is 1. The van der Waals surface area contributed by atoms with Crippen LogP contribution in [0.2, 0.25) is 10.0 Å². The number of halogens is 2. The van der Waals surface area contributed by atoms with Crippen LogP contribution < -0.4 is 9.62 Å². The molecule has 0 fully saturated rings. The lowest BCUT2D eigenvalue weighted by Gasteiger charge is -2.34. The van der Waals surface area contributed by atoms with Gasteiger partial charge in [0.2, 0.25) is 21.8 Å². The van der Waals surface area contributed by atoms with Crippen LogP contribution in [0.15, 0.2) is 66.7 Å². The largest absolute Gasteiger partial charge is 0.352 e. The van der Waals surface area contributed by atoms with Crippen LogP contribution in [0.25, 0.3) is 0 Å². The van der Waals surface area contributed by atoms with Crippen molar-refractivity contribution in [1.82, 2.24) is 10.2 Å². The van der Waals surface area contributed by atoms with Gasteiger partial charge in [-0.15, -0.1) is 0 Å². The molecule has 0 bridgehead atoms. The second-order valence-corrected chi connectivity index (χ2v) is 12.9. The van der Waals surface area contributed by atoms with E-state index in [0.29, 0.717) is 21.3 Å². The van der Waals surface area contributed by atoms with Crippen molar-refractivity contribution in [1.29, 1.82) is 0 Å². The molecule has 0 saturated heterocycles. The number of aryl methyl sites for hydroxylation is 2. The molecule has 3 rings (SSSR count). The number of hydrogen-bond donors (Lipinski definition) is 1. The third-order valence-electron chi connectivity index (χ3n) is 6.50. The zero-order valence-corrected chi connectivity index (χ0v) is 25.6. The fourth-order valence-corrected chi connectivity index (χ4v) is 5.43. The Bertz CT molecular complexity index is 1460. The van der Waals surface area contributed by atoms with E-state index in [1.54, 1.807) is 30.3 Å². The van der Waals surface area contributed by atoms with E-state index in [4.69, 9.17) is 23.2 Å². The number of hydrogen-bond acceptors (Lipinski definition) is 4. The van der Waals surface area contributed by atoms with Crippen LogP contribution in [-0.2, 0) is 32.6 Å². The Labute approximate surface area is 247 Å². The average molecular weight is 605 g/mol. The number of amides is 2. The summed E-state index contributed by atoms with van der Waals surface area (Å²) < 4.78 is 26.9. The van der Waals surface area contributed by atoms with E-state index in [9.17, 15) is 18.0 Å². The SMILES string of the molecule is Cc1ccc(N(CC(=O)N(Cc2ccc(Cl)c(Cl)c2)[C@H](Cc2ccccc2)C(=O)NC(C)C)S(C)(=O)=O)cc1C. The molecule has 0 radical (unpaired) electrons. The van der Waals surface area contributed by atoms with E-state index >= 15 is 0 Å². The summed E-state index contributed by atoms with van der Waals surface area (Å²) in [7, 11) is -3.84. The first-order valence-electron chi connectivity index (χ1n) is 12.9. The molecule has 0 aliphatic rings. The minimum Gasteiger partial charge on any atom is -0.352 e. The highest BCUT2D eigenvalue weighted by Gasteiger charge is 2.33. The molecule has 0 aliphatic carbocycles. The average Bonchev–Trinajstić information content (AvgIpc) is 2.88. The molecule has 0 aliphatic heterocycles. The Morgan fingerprint density at radius 1 is 0.875 bits per heavy atom. The van der Waals surface area contributed by atoms with Gasteiger partial charge in [0, 0.05) is 19.0 Å². The van der Waals surface area contributed by atoms with E-state index in [-0.39, 0.29) is 24.9 Å². The van der Waals surface area contributed by atoms with E-state index in [1.807, 2.05) is 64.1 Å². The Hall–Kier alpha value is -3.07. The van der Waals surface area contributed by atoms with E-state index in [2.05, 4.69) is 5.32 Å². The smallest absolute Gasteiger partial charge is 0.244 e. The first-order valence-corrected chi connectivity index (χ1v) is 15.5. The first-order chi connectivity index (χ1) is 18.8. The number of carbonyl (C=O) groups is 2. The second-order valence-electron chi connectivity index (χ2n) is 10.2. The van der Waals surface area contributed by atoms with Crippen LogP contribution >= 0.6 is 23.2 Å². The van der Waals surface area contributed by atoms with Gasteiger partial charge in [0.25, 0.3) is 0 Å². The molecular weight excluding hydrogens is 569 g/mol. The van der Waals surface area contributed by atoms with Gasteiger partial charge in [-0.05, 0) is 74.2 Å². The van der Waals surface area contributed by atoms with Crippen molar-refractivity contribution in [3.63, 3.8) is 0 Å². The van der Waals surface area contributed by atoms with Crippen molar-refractivity contribution in [3.05, 3.63) is 99.0 Å². The second kappa shape index (κ2) is 13.5. The van der Waals surface area contributed by atoms with Crippen LogP contribution in [-0.4, -0.2) is 50.0 Å². The van der Waals surface area contributed by atoms with Gasteiger partial charge in [-0.25, -0.2) is 8.42 Å². The molecule has 0 unspecified atom stereocenters.